The van der Waals surface area contributed by atoms with Crippen molar-refractivity contribution in [2.24, 2.45) is 0 Å². The van der Waals surface area contributed by atoms with Gasteiger partial charge in [0, 0.05) is 19.0 Å². The largest absolute Gasteiger partial charge is 0.391 e. The van der Waals surface area contributed by atoms with E-state index in [0.29, 0.717) is 12.8 Å². The first kappa shape index (κ1) is 14.1. The number of hydrogen-bond donors (Lipinski definition) is 1. The van der Waals surface area contributed by atoms with E-state index in [1.807, 2.05) is 24.4 Å². The summed E-state index contributed by atoms with van der Waals surface area (Å²) in [6.07, 6.45) is 4.90. The predicted octanol–water partition coefficient (Wildman–Crippen LogP) is 3.15. The molecule has 22 heavy (non-hydrogen) atoms. The summed E-state index contributed by atoms with van der Waals surface area (Å²) >= 11 is 0. The maximum Gasteiger partial charge on any atom is 0.145 e. The number of anilines is 1. The molecule has 1 N–H and O–H groups in total. The van der Waals surface area contributed by atoms with Crippen LogP contribution in [-0.4, -0.2) is 4.98 Å². The molecule has 0 unspecified atom stereocenters. The highest BCUT2D eigenvalue weighted by atomic mass is 19.1. The molecule has 0 fully saturated rings. The Hall–Kier alpha value is -2.84. The molecule has 5 heteroatoms. The van der Waals surface area contributed by atoms with Gasteiger partial charge in [-0.05, 0) is 42.3 Å². The van der Waals surface area contributed by atoms with Gasteiger partial charge in [0.05, 0.1) is 11.9 Å². The van der Waals surface area contributed by atoms with Crippen molar-refractivity contribution in [3.05, 3.63) is 72.1 Å². The van der Waals surface area contributed by atoms with E-state index in [1.54, 1.807) is 23.3 Å². The molecule has 1 aliphatic heterocycles. The average molecular weight is 295 g/mol. The van der Waals surface area contributed by atoms with Gasteiger partial charge in [0.25, 0.3) is 0 Å². The number of benzene rings is 1. The van der Waals surface area contributed by atoms with E-state index < -0.39 is 0 Å². The second-order valence-corrected chi connectivity index (χ2v) is 4.65. The standard InChI is InChI=1S/C17H14FN3O/c18-14-8-10-16(11-9-14)21-13-17(22-20-21)7-2-1-5-15-6-3-4-12-19-15/h3-4,6,8-13,20H,2,7H2. The number of hydrogen-bond acceptors (Lipinski definition) is 4. The molecule has 0 saturated heterocycles. The van der Waals surface area contributed by atoms with E-state index in [9.17, 15) is 4.39 Å². The van der Waals surface area contributed by atoms with Gasteiger partial charge in [-0.2, -0.15) is 0 Å². The fourth-order valence-corrected chi connectivity index (χ4v) is 1.92. The monoisotopic (exact) mass is 295 g/mol. The Balaban J connectivity index is 1.55. The molecule has 1 aliphatic rings. The van der Waals surface area contributed by atoms with Crippen LogP contribution in [0.2, 0.25) is 0 Å². The molecular weight excluding hydrogens is 281 g/mol. The van der Waals surface area contributed by atoms with Crippen molar-refractivity contribution in [1.82, 2.24) is 10.6 Å². The summed E-state index contributed by atoms with van der Waals surface area (Å²) in [4.78, 5) is 9.50. The molecule has 0 radical (unpaired) electrons. The predicted molar refractivity (Wildman–Crippen MR) is 81.5 cm³/mol. The van der Waals surface area contributed by atoms with E-state index in [0.717, 1.165) is 17.1 Å². The third-order valence-electron chi connectivity index (χ3n) is 3.03. The summed E-state index contributed by atoms with van der Waals surface area (Å²) in [5.41, 5.74) is 4.32. The third kappa shape index (κ3) is 3.62. The fraction of sp³-hybridized carbons (Fsp3) is 0.118. The van der Waals surface area contributed by atoms with Crippen LogP contribution in [0.15, 0.2) is 60.6 Å². The molecule has 3 rings (SSSR count). The Kier molecular flexibility index (Phi) is 4.33. The highest BCUT2D eigenvalue weighted by Gasteiger charge is 2.14. The fourth-order valence-electron chi connectivity index (χ4n) is 1.92. The lowest BCUT2D eigenvalue weighted by Gasteiger charge is -2.12. The van der Waals surface area contributed by atoms with Crippen molar-refractivity contribution in [3.63, 3.8) is 0 Å². The van der Waals surface area contributed by atoms with Crippen molar-refractivity contribution in [3.8, 4) is 11.8 Å². The average Bonchev–Trinajstić information content (AvgIpc) is 3.02. The number of pyridine rings is 1. The van der Waals surface area contributed by atoms with Crippen LogP contribution in [0.1, 0.15) is 18.5 Å². The second-order valence-electron chi connectivity index (χ2n) is 4.65. The zero-order valence-corrected chi connectivity index (χ0v) is 11.8. The van der Waals surface area contributed by atoms with Crippen molar-refractivity contribution in [2.75, 3.05) is 5.01 Å². The van der Waals surface area contributed by atoms with Gasteiger partial charge < -0.3 is 4.84 Å². The lowest BCUT2D eigenvalue weighted by molar-refractivity contribution is 0.124. The van der Waals surface area contributed by atoms with Crippen molar-refractivity contribution in [2.45, 2.75) is 12.8 Å². The Labute approximate surface area is 128 Å². The van der Waals surface area contributed by atoms with Crippen LogP contribution in [0, 0.1) is 17.7 Å². The van der Waals surface area contributed by atoms with Gasteiger partial charge >= 0.3 is 0 Å². The van der Waals surface area contributed by atoms with Gasteiger partial charge in [-0.1, -0.05) is 17.6 Å². The number of aromatic nitrogens is 1. The SMILES string of the molecule is Fc1ccc(N2C=C(CCC#Cc3ccccn3)ON2)cc1. The van der Waals surface area contributed by atoms with E-state index in [1.165, 1.54) is 12.1 Å². The summed E-state index contributed by atoms with van der Waals surface area (Å²) < 4.78 is 12.9. The molecule has 1 aromatic carbocycles. The van der Waals surface area contributed by atoms with Crippen LogP contribution in [0.4, 0.5) is 10.1 Å². The van der Waals surface area contributed by atoms with Gasteiger partial charge in [0.2, 0.25) is 0 Å². The van der Waals surface area contributed by atoms with Crippen molar-refractivity contribution >= 4 is 5.69 Å². The maximum absolute atomic E-state index is 12.9. The summed E-state index contributed by atoms with van der Waals surface area (Å²) in [5.74, 6) is 6.57. The van der Waals surface area contributed by atoms with Gasteiger partial charge in [-0.25, -0.2) is 14.4 Å². The first-order valence-corrected chi connectivity index (χ1v) is 6.89. The summed E-state index contributed by atoms with van der Waals surface area (Å²) in [6.45, 7) is 0. The highest BCUT2D eigenvalue weighted by Crippen LogP contribution is 2.20. The molecule has 0 atom stereocenters. The Bertz CT molecular complexity index is 717. The Morgan fingerprint density at radius 3 is 2.82 bits per heavy atom. The summed E-state index contributed by atoms with van der Waals surface area (Å²) in [5, 5.41) is 1.70. The Morgan fingerprint density at radius 2 is 2.05 bits per heavy atom. The molecular formula is C17H14FN3O. The van der Waals surface area contributed by atoms with Crippen LogP contribution in [0.25, 0.3) is 0 Å². The van der Waals surface area contributed by atoms with Crippen LogP contribution in [0.3, 0.4) is 0 Å². The lowest BCUT2D eigenvalue weighted by atomic mass is 10.2. The minimum absolute atomic E-state index is 0.266. The summed E-state index contributed by atoms with van der Waals surface area (Å²) in [6, 6.07) is 11.8. The number of nitrogens with zero attached hydrogens (tertiary/aromatic N) is 2. The quantitative estimate of drug-likeness (QED) is 0.883. The van der Waals surface area contributed by atoms with Crippen LogP contribution in [0.5, 0.6) is 0 Å². The zero-order valence-electron chi connectivity index (χ0n) is 11.8. The second kappa shape index (κ2) is 6.74. The first-order chi connectivity index (χ1) is 10.8. The summed E-state index contributed by atoms with van der Waals surface area (Å²) in [7, 11) is 0. The molecule has 0 saturated carbocycles. The number of rotatable bonds is 3. The van der Waals surface area contributed by atoms with Crippen molar-refractivity contribution in [1.29, 1.82) is 0 Å². The topological polar surface area (TPSA) is 37.4 Å². The van der Waals surface area contributed by atoms with E-state index in [2.05, 4.69) is 22.4 Å². The van der Waals surface area contributed by atoms with Gasteiger partial charge in [-0.15, -0.1) is 0 Å². The van der Waals surface area contributed by atoms with Gasteiger partial charge in [0.15, 0.2) is 0 Å². The maximum atomic E-state index is 12.9. The van der Waals surface area contributed by atoms with E-state index in [-0.39, 0.29) is 5.82 Å². The van der Waals surface area contributed by atoms with Crippen LogP contribution < -0.4 is 10.6 Å². The molecule has 0 spiro atoms. The molecule has 0 bridgehead atoms. The minimum atomic E-state index is -0.266. The van der Waals surface area contributed by atoms with Crippen LogP contribution in [-0.2, 0) is 4.84 Å². The first-order valence-electron chi connectivity index (χ1n) is 6.89. The zero-order chi connectivity index (χ0) is 15.2. The molecule has 110 valence electrons. The third-order valence-corrected chi connectivity index (χ3v) is 3.03. The number of hydrazine groups is 1. The Morgan fingerprint density at radius 1 is 1.18 bits per heavy atom. The molecule has 4 nitrogen and oxygen atoms in total. The van der Waals surface area contributed by atoms with Gasteiger partial charge in [0.1, 0.15) is 17.3 Å². The molecule has 2 aromatic rings. The normalized spacial score (nSPS) is 13.1. The smallest absolute Gasteiger partial charge is 0.145 e. The molecule has 1 aromatic heterocycles. The molecule has 0 amide bonds. The highest BCUT2D eigenvalue weighted by molar-refractivity contribution is 5.48. The molecule has 0 aliphatic carbocycles. The number of allylic oxidation sites excluding steroid dienone is 1. The van der Waals surface area contributed by atoms with Crippen LogP contribution >= 0.6 is 0 Å². The van der Waals surface area contributed by atoms with Crippen molar-refractivity contribution < 1.29 is 9.23 Å². The number of nitrogens with one attached hydrogen (secondary N) is 1. The van der Waals surface area contributed by atoms with Gasteiger partial charge in [-0.3, -0.25) is 0 Å². The van der Waals surface area contributed by atoms with E-state index >= 15 is 0 Å². The minimum Gasteiger partial charge on any atom is -0.391 e. The number of halogens is 1. The molecule has 2 heterocycles. The lowest BCUT2D eigenvalue weighted by Crippen LogP contribution is -2.26. The van der Waals surface area contributed by atoms with E-state index in [4.69, 9.17) is 4.84 Å².